The Morgan fingerprint density at radius 1 is 1.00 bits per heavy atom. The smallest absolute Gasteiger partial charge is 0.264 e. The van der Waals surface area contributed by atoms with E-state index in [0.29, 0.717) is 5.69 Å². The molecule has 1 N–H and O–H groups in total. The number of nitrogens with zero attached hydrogens (tertiary/aromatic N) is 2. The first kappa shape index (κ1) is 22.0. The number of hydrogen-bond donors (Lipinski definition) is 1. The fraction of sp³-hybridized carbons (Fsp3) is 0.130. The van der Waals surface area contributed by atoms with Crippen LogP contribution < -0.4 is 9.62 Å². The number of halogens is 1. The van der Waals surface area contributed by atoms with E-state index in [-0.39, 0.29) is 17.0 Å². The van der Waals surface area contributed by atoms with Crippen LogP contribution in [-0.2, 0) is 21.2 Å². The Bertz CT molecular complexity index is 1200. The zero-order chi connectivity index (χ0) is 22.4. The Morgan fingerprint density at radius 2 is 1.61 bits per heavy atom. The molecule has 0 aliphatic carbocycles. The monoisotopic (exact) mass is 437 g/mol. The van der Waals surface area contributed by atoms with Crippen molar-refractivity contribution in [3.63, 3.8) is 0 Å². The molecule has 3 aromatic carbocycles. The molecular formula is C23H20FN3O3S. The number of carbonyl (C=O) groups is 1. The fourth-order valence-corrected chi connectivity index (χ4v) is 4.31. The van der Waals surface area contributed by atoms with Gasteiger partial charge in [-0.2, -0.15) is 5.26 Å². The molecule has 1 amide bonds. The quantitative estimate of drug-likeness (QED) is 0.604. The van der Waals surface area contributed by atoms with Gasteiger partial charge in [0.05, 0.1) is 23.1 Å². The van der Waals surface area contributed by atoms with Crippen molar-refractivity contribution in [1.82, 2.24) is 0 Å². The molecule has 31 heavy (non-hydrogen) atoms. The van der Waals surface area contributed by atoms with Crippen LogP contribution in [0.4, 0.5) is 15.8 Å². The third kappa shape index (κ3) is 5.47. The molecule has 0 aliphatic rings. The average molecular weight is 437 g/mol. The van der Waals surface area contributed by atoms with Gasteiger partial charge < -0.3 is 5.32 Å². The lowest BCUT2D eigenvalue weighted by molar-refractivity contribution is -0.114. The van der Waals surface area contributed by atoms with Gasteiger partial charge in [-0.05, 0) is 61.0 Å². The first-order valence-electron chi connectivity index (χ1n) is 9.40. The molecular weight excluding hydrogens is 417 g/mol. The van der Waals surface area contributed by atoms with Gasteiger partial charge in [0.1, 0.15) is 12.4 Å². The molecule has 3 aromatic rings. The number of benzene rings is 3. The molecule has 0 saturated carbocycles. The molecule has 3 rings (SSSR count). The number of nitrogens with one attached hydrogen (secondary N) is 1. The highest BCUT2D eigenvalue weighted by Crippen LogP contribution is 2.24. The molecule has 158 valence electrons. The Morgan fingerprint density at radius 3 is 2.19 bits per heavy atom. The van der Waals surface area contributed by atoms with Crippen LogP contribution in [0.5, 0.6) is 0 Å². The minimum Gasteiger partial charge on any atom is -0.325 e. The van der Waals surface area contributed by atoms with Gasteiger partial charge in [0.15, 0.2) is 0 Å². The number of amides is 1. The van der Waals surface area contributed by atoms with Crippen molar-refractivity contribution < 1.29 is 17.6 Å². The van der Waals surface area contributed by atoms with Crippen molar-refractivity contribution in [2.45, 2.75) is 18.2 Å². The summed E-state index contributed by atoms with van der Waals surface area (Å²) < 4.78 is 40.8. The van der Waals surface area contributed by atoms with E-state index in [0.717, 1.165) is 27.6 Å². The lowest BCUT2D eigenvalue weighted by atomic mass is 10.1. The Labute approximate surface area is 180 Å². The first-order chi connectivity index (χ1) is 14.8. The van der Waals surface area contributed by atoms with Gasteiger partial charge in [0, 0.05) is 5.69 Å². The lowest BCUT2D eigenvalue weighted by Gasteiger charge is -2.24. The van der Waals surface area contributed by atoms with Crippen molar-refractivity contribution >= 4 is 27.3 Å². The lowest BCUT2D eigenvalue weighted by Crippen LogP contribution is -2.38. The highest BCUT2D eigenvalue weighted by Gasteiger charge is 2.27. The van der Waals surface area contributed by atoms with Gasteiger partial charge in [-0.1, -0.05) is 29.8 Å². The summed E-state index contributed by atoms with van der Waals surface area (Å²) in [6, 6.07) is 19.9. The number of aryl methyl sites for hydroxylation is 1. The molecule has 0 saturated heterocycles. The van der Waals surface area contributed by atoms with Gasteiger partial charge in [-0.25, -0.2) is 12.8 Å². The number of rotatable bonds is 7. The third-order valence-corrected chi connectivity index (χ3v) is 6.32. The van der Waals surface area contributed by atoms with Crippen molar-refractivity contribution in [2.75, 3.05) is 16.2 Å². The maximum Gasteiger partial charge on any atom is 0.264 e. The molecule has 0 aromatic heterocycles. The molecule has 0 aliphatic heterocycles. The van der Waals surface area contributed by atoms with Crippen molar-refractivity contribution in [1.29, 1.82) is 5.26 Å². The van der Waals surface area contributed by atoms with Crippen molar-refractivity contribution in [3.05, 3.63) is 89.7 Å². The number of sulfonamides is 1. The standard InChI is InChI=1S/C23H20FN3O3S/c1-17-2-12-22(13-3-17)31(29,30)27(21-10-6-19(24)7-11-21)16-23(28)26-20-8-4-18(5-9-20)14-15-25/h2-13H,14,16H2,1H3,(H,26,28). The van der Waals surface area contributed by atoms with Crippen LogP contribution in [0.1, 0.15) is 11.1 Å². The van der Waals surface area contributed by atoms with E-state index in [1.807, 2.05) is 13.0 Å². The van der Waals surface area contributed by atoms with Crippen LogP contribution in [0, 0.1) is 24.1 Å². The van der Waals surface area contributed by atoms with Crippen molar-refractivity contribution in [3.8, 4) is 6.07 Å². The minimum absolute atomic E-state index is 0.0241. The fourth-order valence-electron chi connectivity index (χ4n) is 2.89. The SMILES string of the molecule is Cc1ccc(S(=O)(=O)N(CC(=O)Nc2ccc(CC#N)cc2)c2ccc(F)cc2)cc1. The van der Waals surface area contributed by atoms with Gasteiger partial charge in [-0.3, -0.25) is 9.10 Å². The van der Waals surface area contributed by atoms with Crippen LogP contribution in [0.2, 0.25) is 0 Å². The number of carbonyl (C=O) groups excluding carboxylic acids is 1. The summed E-state index contributed by atoms with van der Waals surface area (Å²) in [5, 5.41) is 11.4. The summed E-state index contributed by atoms with van der Waals surface area (Å²) in [6.07, 6.45) is 0.251. The van der Waals surface area contributed by atoms with E-state index in [1.54, 1.807) is 36.4 Å². The van der Waals surface area contributed by atoms with Crippen LogP contribution >= 0.6 is 0 Å². The van der Waals surface area contributed by atoms with Gasteiger partial charge >= 0.3 is 0 Å². The van der Waals surface area contributed by atoms with Gasteiger partial charge in [-0.15, -0.1) is 0 Å². The van der Waals surface area contributed by atoms with Crippen molar-refractivity contribution in [2.24, 2.45) is 0 Å². The highest BCUT2D eigenvalue weighted by molar-refractivity contribution is 7.92. The second kappa shape index (κ2) is 9.41. The summed E-state index contributed by atoms with van der Waals surface area (Å²) in [7, 11) is -4.07. The Kier molecular flexibility index (Phi) is 6.68. The number of hydrogen-bond acceptors (Lipinski definition) is 4. The third-order valence-electron chi connectivity index (χ3n) is 4.53. The molecule has 0 spiro atoms. The molecule has 0 heterocycles. The normalized spacial score (nSPS) is 10.9. The molecule has 8 heteroatoms. The number of nitriles is 1. The van der Waals surface area contributed by atoms with E-state index in [1.165, 1.54) is 24.3 Å². The summed E-state index contributed by atoms with van der Waals surface area (Å²) in [5.74, 6) is -1.08. The number of anilines is 2. The summed E-state index contributed by atoms with van der Waals surface area (Å²) >= 11 is 0. The summed E-state index contributed by atoms with van der Waals surface area (Å²) in [4.78, 5) is 12.7. The zero-order valence-electron chi connectivity index (χ0n) is 16.7. The largest absolute Gasteiger partial charge is 0.325 e. The summed E-state index contributed by atoms with van der Waals surface area (Å²) in [5.41, 5.74) is 2.33. The zero-order valence-corrected chi connectivity index (χ0v) is 17.6. The Hall–Kier alpha value is -3.70. The molecule has 0 fully saturated rings. The molecule has 0 bridgehead atoms. The van der Waals surface area contributed by atoms with E-state index in [9.17, 15) is 17.6 Å². The van der Waals surface area contributed by atoms with Crippen LogP contribution in [-0.4, -0.2) is 20.9 Å². The highest BCUT2D eigenvalue weighted by atomic mass is 32.2. The predicted molar refractivity (Wildman–Crippen MR) is 116 cm³/mol. The minimum atomic E-state index is -4.07. The molecule has 0 radical (unpaired) electrons. The molecule has 0 unspecified atom stereocenters. The Balaban J connectivity index is 1.87. The molecule has 6 nitrogen and oxygen atoms in total. The second-order valence-corrected chi connectivity index (χ2v) is 8.74. The average Bonchev–Trinajstić information content (AvgIpc) is 2.75. The van der Waals surface area contributed by atoms with E-state index < -0.39 is 28.3 Å². The van der Waals surface area contributed by atoms with Crippen LogP contribution in [0.3, 0.4) is 0 Å². The molecule has 0 atom stereocenters. The van der Waals surface area contributed by atoms with Gasteiger partial charge in [0.2, 0.25) is 5.91 Å². The van der Waals surface area contributed by atoms with E-state index >= 15 is 0 Å². The summed E-state index contributed by atoms with van der Waals surface area (Å²) in [6.45, 7) is 1.34. The van der Waals surface area contributed by atoms with E-state index in [4.69, 9.17) is 5.26 Å². The maximum atomic E-state index is 13.4. The van der Waals surface area contributed by atoms with Crippen LogP contribution in [0.25, 0.3) is 0 Å². The van der Waals surface area contributed by atoms with E-state index in [2.05, 4.69) is 5.32 Å². The maximum absolute atomic E-state index is 13.4. The predicted octanol–water partition coefficient (Wildman–Crippen LogP) is 4.03. The first-order valence-corrected chi connectivity index (χ1v) is 10.8. The van der Waals surface area contributed by atoms with Gasteiger partial charge in [0.25, 0.3) is 10.0 Å². The van der Waals surface area contributed by atoms with Crippen LogP contribution in [0.15, 0.2) is 77.7 Å². The topological polar surface area (TPSA) is 90.3 Å². The second-order valence-electron chi connectivity index (χ2n) is 6.88.